The highest BCUT2D eigenvalue weighted by atomic mass is 16.5. The van der Waals surface area contributed by atoms with Gasteiger partial charge in [0.1, 0.15) is 0 Å². The summed E-state index contributed by atoms with van der Waals surface area (Å²) >= 11 is 0. The normalized spacial score (nSPS) is 15.6. The first-order valence-electron chi connectivity index (χ1n) is 9.96. The summed E-state index contributed by atoms with van der Waals surface area (Å²) in [5, 5.41) is 7.87. The van der Waals surface area contributed by atoms with E-state index in [1.165, 1.54) is 0 Å². The van der Waals surface area contributed by atoms with E-state index in [0.717, 1.165) is 69.4 Å². The molecule has 28 heavy (non-hydrogen) atoms. The molecule has 3 rings (SSSR count). The Morgan fingerprint density at radius 2 is 2.11 bits per heavy atom. The summed E-state index contributed by atoms with van der Waals surface area (Å²) in [6.45, 7) is 3.99. The van der Waals surface area contributed by atoms with E-state index in [1.54, 1.807) is 0 Å². The van der Waals surface area contributed by atoms with Crippen molar-refractivity contribution in [2.24, 2.45) is 4.99 Å². The summed E-state index contributed by atoms with van der Waals surface area (Å²) in [5.74, 6) is 0.874. The lowest BCUT2D eigenvalue weighted by atomic mass is 10.1. The molecular weight excluding hydrogens is 354 g/mol. The minimum absolute atomic E-state index is 0.358. The zero-order valence-electron chi connectivity index (χ0n) is 16.9. The fraction of sp³-hybridized carbons (Fsp3) is 0.524. The number of nitrogens with one attached hydrogen (secondary N) is 1. The predicted molar refractivity (Wildman–Crippen MR) is 111 cm³/mol. The third-order valence-corrected chi connectivity index (χ3v) is 4.78. The lowest BCUT2D eigenvalue weighted by molar-refractivity contribution is -0.0320. The lowest BCUT2D eigenvalue weighted by Crippen LogP contribution is -2.39. The van der Waals surface area contributed by atoms with Gasteiger partial charge in [-0.1, -0.05) is 18.2 Å². The molecule has 1 aromatic heterocycles. The van der Waals surface area contributed by atoms with Crippen LogP contribution in [0.15, 0.2) is 47.7 Å². The first-order chi connectivity index (χ1) is 13.8. The van der Waals surface area contributed by atoms with Crippen molar-refractivity contribution >= 4 is 5.96 Å². The van der Waals surface area contributed by atoms with Crippen LogP contribution in [0.2, 0.25) is 0 Å². The zero-order valence-corrected chi connectivity index (χ0v) is 16.9. The predicted octanol–water partition coefficient (Wildman–Crippen LogP) is 2.47. The molecule has 1 aliphatic rings. The van der Waals surface area contributed by atoms with Crippen molar-refractivity contribution < 1.29 is 9.47 Å². The molecule has 0 radical (unpaired) electrons. The van der Waals surface area contributed by atoms with Crippen LogP contribution in [0.3, 0.4) is 0 Å². The third kappa shape index (κ3) is 6.07. The van der Waals surface area contributed by atoms with Gasteiger partial charge in [-0.15, -0.1) is 0 Å². The van der Waals surface area contributed by atoms with E-state index in [4.69, 9.17) is 9.47 Å². The van der Waals surface area contributed by atoms with Gasteiger partial charge < -0.3 is 19.7 Å². The minimum atomic E-state index is 0.358. The molecule has 1 saturated heterocycles. The van der Waals surface area contributed by atoms with E-state index >= 15 is 0 Å². The highest BCUT2D eigenvalue weighted by molar-refractivity contribution is 5.79. The number of ether oxygens (including phenoxy) is 2. The summed E-state index contributed by atoms with van der Waals surface area (Å²) in [7, 11) is 3.85. The van der Waals surface area contributed by atoms with E-state index in [-0.39, 0.29) is 0 Å². The van der Waals surface area contributed by atoms with Crippen molar-refractivity contribution in [3.8, 4) is 5.69 Å². The first-order valence-corrected chi connectivity index (χ1v) is 9.96. The molecule has 1 aliphatic heterocycles. The third-order valence-electron chi connectivity index (χ3n) is 4.78. The molecule has 1 aromatic carbocycles. The van der Waals surface area contributed by atoms with Crippen molar-refractivity contribution in [1.29, 1.82) is 0 Å². The summed E-state index contributed by atoms with van der Waals surface area (Å²) in [6, 6.07) is 10.1. The highest BCUT2D eigenvalue weighted by Gasteiger charge is 2.13. The summed E-state index contributed by atoms with van der Waals surface area (Å²) in [4.78, 5) is 6.49. The molecule has 152 valence electrons. The van der Waals surface area contributed by atoms with Crippen LogP contribution in [-0.2, 0) is 16.0 Å². The fourth-order valence-corrected chi connectivity index (χ4v) is 3.26. The number of hydrogen-bond acceptors (Lipinski definition) is 4. The maximum absolute atomic E-state index is 5.91. The van der Waals surface area contributed by atoms with Crippen molar-refractivity contribution in [1.82, 2.24) is 20.0 Å². The SMILES string of the molecule is CN=C(NCCCOC1CCOCC1)N(C)Cc1cnn(-c2ccccc2)c1. The Morgan fingerprint density at radius 1 is 1.32 bits per heavy atom. The summed E-state index contributed by atoms with van der Waals surface area (Å²) in [5.41, 5.74) is 2.19. The van der Waals surface area contributed by atoms with Crippen molar-refractivity contribution in [3.05, 3.63) is 48.3 Å². The molecule has 2 heterocycles. The van der Waals surface area contributed by atoms with E-state index in [2.05, 4.69) is 26.5 Å². The monoisotopic (exact) mass is 385 g/mol. The Balaban J connectivity index is 1.40. The number of hydrogen-bond donors (Lipinski definition) is 1. The second-order valence-corrected chi connectivity index (χ2v) is 6.99. The van der Waals surface area contributed by atoms with Gasteiger partial charge in [0.15, 0.2) is 5.96 Å². The molecule has 0 aliphatic carbocycles. The average molecular weight is 386 g/mol. The molecule has 0 spiro atoms. The molecule has 1 fully saturated rings. The van der Waals surface area contributed by atoms with Crippen LogP contribution in [0.1, 0.15) is 24.8 Å². The summed E-state index contributed by atoms with van der Waals surface area (Å²) < 4.78 is 13.2. The maximum atomic E-state index is 5.91. The number of rotatable bonds is 8. The van der Waals surface area contributed by atoms with Gasteiger partial charge in [0.05, 0.1) is 18.0 Å². The standard InChI is InChI=1S/C21H31N5O2/c1-22-21(23-11-6-12-28-20-9-13-27-14-10-20)25(2)16-18-15-24-26(17-18)19-7-4-3-5-8-19/h3-5,7-8,15,17,20H,6,9-14,16H2,1-2H3,(H,22,23). The van der Waals surface area contributed by atoms with Crippen molar-refractivity contribution in [2.75, 3.05) is 40.5 Å². The van der Waals surface area contributed by atoms with Crippen LogP contribution in [0.25, 0.3) is 5.69 Å². The Bertz CT molecular complexity index is 725. The second-order valence-electron chi connectivity index (χ2n) is 6.99. The molecule has 0 amide bonds. The van der Waals surface area contributed by atoms with Gasteiger partial charge in [0.25, 0.3) is 0 Å². The average Bonchev–Trinajstić information content (AvgIpc) is 3.20. The Kier molecular flexibility index (Phi) is 7.87. The number of aliphatic imine (C=N–C) groups is 1. The number of guanidine groups is 1. The Labute approximate surface area is 167 Å². The number of nitrogens with zero attached hydrogens (tertiary/aromatic N) is 4. The van der Waals surface area contributed by atoms with Gasteiger partial charge in [-0.3, -0.25) is 4.99 Å². The highest BCUT2D eigenvalue weighted by Crippen LogP contribution is 2.11. The Hall–Kier alpha value is -2.38. The van der Waals surface area contributed by atoms with Crippen molar-refractivity contribution in [3.63, 3.8) is 0 Å². The van der Waals surface area contributed by atoms with E-state index in [1.807, 2.05) is 55.3 Å². The maximum Gasteiger partial charge on any atom is 0.193 e. The van der Waals surface area contributed by atoms with Gasteiger partial charge in [-0.05, 0) is 31.4 Å². The molecule has 0 unspecified atom stereocenters. The topological polar surface area (TPSA) is 63.9 Å². The van der Waals surface area contributed by atoms with Gasteiger partial charge in [-0.2, -0.15) is 5.10 Å². The van der Waals surface area contributed by atoms with Crippen molar-refractivity contribution in [2.45, 2.75) is 31.9 Å². The van der Waals surface area contributed by atoms with Crippen LogP contribution in [0.5, 0.6) is 0 Å². The molecular formula is C21H31N5O2. The zero-order chi connectivity index (χ0) is 19.6. The smallest absolute Gasteiger partial charge is 0.193 e. The van der Waals surface area contributed by atoms with Gasteiger partial charge in [-0.25, -0.2) is 4.68 Å². The molecule has 1 N–H and O–H groups in total. The quantitative estimate of drug-likeness (QED) is 0.430. The number of aromatic nitrogens is 2. The molecule has 0 atom stereocenters. The summed E-state index contributed by atoms with van der Waals surface area (Å²) in [6.07, 6.45) is 7.29. The molecule has 0 saturated carbocycles. The van der Waals surface area contributed by atoms with Gasteiger partial charge in [0.2, 0.25) is 0 Å². The molecule has 7 heteroatoms. The van der Waals surface area contributed by atoms with Gasteiger partial charge in [0, 0.05) is 58.8 Å². The molecule has 0 bridgehead atoms. The number of para-hydroxylation sites is 1. The lowest BCUT2D eigenvalue weighted by Gasteiger charge is -2.23. The molecule has 2 aromatic rings. The van der Waals surface area contributed by atoms with Gasteiger partial charge >= 0.3 is 0 Å². The Morgan fingerprint density at radius 3 is 2.86 bits per heavy atom. The van der Waals surface area contributed by atoms with E-state index < -0.39 is 0 Å². The fourth-order valence-electron chi connectivity index (χ4n) is 3.26. The first kappa shape index (κ1) is 20.4. The van der Waals surface area contributed by atoms with Crippen LogP contribution in [0.4, 0.5) is 0 Å². The van der Waals surface area contributed by atoms with E-state index in [9.17, 15) is 0 Å². The van der Waals surface area contributed by atoms with Crippen LogP contribution < -0.4 is 5.32 Å². The van der Waals surface area contributed by atoms with Crippen LogP contribution >= 0.6 is 0 Å². The second kappa shape index (κ2) is 10.8. The van der Waals surface area contributed by atoms with Crippen LogP contribution in [0, 0.1) is 0 Å². The van der Waals surface area contributed by atoms with E-state index in [0.29, 0.717) is 6.10 Å². The molecule has 7 nitrogen and oxygen atoms in total. The number of benzene rings is 1. The largest absolute Gasteiger partial charge is 0.381 e. The minimum Gasteiger partial charge on any atom is -0.381 e. The van der Waals surface area contributed by atoms with Crippen LogP contribution in [-0.4, -0.2) is 67.2 Å².